The monoisotopic (exact) mass is 316 g/mol. The van der Waals surface area contributed by atoms with Crippen molar-refractivity contribution in [2.75, 3.05) is 17.8 Å². The smallest absolute Gasteiger partial charge is 0.00539 e. The Morgan fingerprint density at radius 2 is 1.52 bits per heavy atom. The van der Waals surface area contributed by atoms with E-state index in [1.165, 1.54) is 56.5 Å². The molecule has 0 aliphatic carbocycles. The zero-order valence-corrected chi connectivity index (χ0v) is 17.2. The van der Waals surface area contributed by atoms with Gasteiger partial charge in [0.2, 0.25) is 0 Å². The minimum Gasteiger partial charge on any atom is -0.239 e. The average Bonchev–Trinajstić information content (AvgIpc) is 2.38. The van der Waals surface area contributed by atoms with Crippen LogP contribution >= 0.6 is 10.0 Å². The Kier molecular flexibility index (Phi) is 10.4. The van der Waals surface area contributed by atoms with Crippen molar-refractivity contribution in [1.29, 1.82) is 0 Å². The highest BCUT2D eigenvalue weighted by Crippen LogP contribution is 2.58. The van der Waals surface area contributed by atoms with Crippen LogP contribution in [0.15, 0.2) is 0 Å². The average molecular weight is 317 g/mol. The second-order valence-electron chi connectivity index (χ2n) is 8.17. The van der Waals surface area contributed by atoms with Gasteiger partial charge < -0.3 is 0 Å². The van der Waals surface area contributed by atoms with Gasteiger partial charge in [-0.05, 0) is 53.6 Å². The quantitative estimate of drug-likeness (QED) is 0.332. The van der Waals surface area contributed by atoms with Crippen LogP contribution < -0.4 is 0 Å². The van der Waals surface area contributed by atoms with Gasteiger partial charge >= 0.3 is 0 Å². The van der Waals surface area contributed by atoms with Crippen molar-refractivity contribution in [3.63, 3.8) is 0 Å². The van der Waals surface area contributed by atoms with Gasteiger partial charge in [-0.3, -0.25) is 0 Å². The van der Waals surface area contributed by atoms with Gasteiger partial charge in [-0.15, -0.1) is 0 Å². The van der Waals surface area contributed by atoms with Gasteiger partial charge in [-0.1, -0.05) is 74.1 Å². The van der Waals surface area contributed by atoms with Gasteiger partial charge in [0, 0.05) is 0 Å². The van der Waals surface area contributed by atoms with Crippen molar-refractivity contribution < 1.29 is 0 Å². The van der Waals surface area contributed by atoms with Gasteiger partial charge in [0.25, 0.3) is 0 Å². The molecule has 130 valence electrons. The van der Waals surface area contributed by atoms with Crippen LogP contribution in [0.4, 0.5) is 0 Å². The van der Waals surface area contributed by atoms with E-state index in [-0.39, 0.29) is 0 Å². The number of unbranched alkanes of at least 4 members (excludes halogenated alkanes) is 2. The molecular formula is C20H44S. The Bertz CT molecular complexity index is 259. The molecule has 0 aliphatic heterocycles. The summed E-state index contributed by atoms with van der Waals surface area (Å²) in [6.45, 7) is 17.2. The molecule has 0 fully saturated rings. The van der Waals surface area contributed by atoms with Crippen LogP contribution in [0.3, 0.4) is 0 Å². The van der Waals surface area contributed by atoms with Crippen molar-refractivity contribution in [3.8, 4) is 0 Å². The molecule has 21 heavy (non-hydrogen) atoms. The summed E-state index contributed by atoms with van der Waals surface area (Å²) in [5.74, 6) is 4.64. The van der Waals surface area contributed by atoms with Crippen molar-refractivity contribution >= 4 is 10.0 Å². The van der Waals surface area contributed by atoms with Gasteiger partial charge in [0.05, 0.1) is 0 Å². The topological polar surface area (TPSA) is 0 Å². The molecule has 0 aromatic carbocycles. The highest BCUT2D eigenvalue weighted by atomic mass is 32.3. The molecule has 1 heteroatoms. The van der Waals surface area contributed by atoms with Crippen LogP contribution in [0.25, 0.3) is 0 Å². The van der Waals surface area contributed by atoms with E-state index >= 15 is 0 Å². The molecule has 3 unspecified atom stereocenters. The molecule has 0 saturated carbocycles. The Labute approximate surface area is 138 Å². The molecule has 0 aromatic rings. The maximum Gasteiger partial charge on any atom is -0.00539 e. The summed E-state index contributed by atoms with van der Waals surface area (Å²) in [5.41, 5.74) is 0. The van der Waals surface area contributed by atoms with E-state index < -0.39 is 10.0 Å². The number of hydrogen-bond donors (Lipinski definition) is 0. The molecule has 0 nitrogen and oxygen atoms in total. The van der Waals surface area contributed by atoms with Gasteiger partial charge in [-0.25, -0.2) is 10.0 Å². The summed E-state index contributed by atoms with van der Waals surface area (Å²) in [5, 5.41) is 0. The van der Waals surface area contributed by atoms with Crippen LogP contribution in [0.1, 0.15) is 93.4 Å². The second kappa shape index (κ2) is 10.2. The van der Waals surface area contributed by atoms with Crippen LogP contribution in [0.5, 0.6) is 0 Å². The van der Waals surface area contributed by atoms with E-state index in [4.69, 9.17) is 0 Å². The van der Waals surface area contributed by atoms with E-state index in [2.05, 4.69) is 54.7 Å². The molecule has 0 rings (SSSR count). The number of hydrogen-bond acceptors (Lipinski definition) is 0. The summed E-state index contributed by atoms with van der Waals surface area (Å²) >= 11 is 0. The number of rotatable bonds is 12. The normalized spacial score (nSPS) is 19.8. The zero-order chi connectivity index (χ0) is 16.5. The minimum atomic E-state index is -0.457. The highest BCUT2D eigenvalue weighted by molar-refractivity contribution is 8.34. The van der Waals surface area contributed by atoms with Crippen LogP contribution in [0, 0.1) is 11.8 Å². The molecule has 0 radical (unpaired) electrons. The van der Waals surface area contributed by atoms with Gasteiger partial charge in [-0.2, -0.15) is 0 Å². The Morgan fingerprint density at radius 1 is 0.905 bits per heavy atom. The summed E-state index contributed by atoms with van der Waals surface area (Å²) in [7, 11) is -0.457. The third-order valence-electron chi connectivity index (χ3n) is 5.57. The maximum absolute atomic E-state index is 2.61. The molecule has 0 bridgehead atoms. The molecule has 0 spiro atoms. The molecule has 0 aromatic heterocycles. The first-order valence-corrected chi connectivity index (χ1v) is 11.8. The van der Waals surface area contributed by atoms with E-state index in [0.717, 1.165) is 11.8 Å². The lowest BCUT2D eigenvalue weighted by molar-refractivity contribution is 0.347. The first-order valence-electron chi connectivity index (χ1n) is 9.45. The first kappa shape index (κ1) is 21.4. The van der Waals surface area contributed by atoms with Crippen molar-refractivity contribution in [3.05, 3.63) is 0 Å². The largest absolute Gasteiger partial charge is 0.239 e. The van der Waals surface area contributed by atoms with Crippen LogP contribution in [-0.2, 0) is 0 Å². The lowest BCUT2D eigenvalue weighted by Gasteiger charge is -2.51. The SMILES string of the molecule is CCCCCC(C)CC(C)CC(C)(C)S(C)(CC)CCC. The second-order valence-corrected chi connectivity index (χ2v) is 12.8. The van der Waals surface area contributed by atoms with Gasteiger partial charge in [0.15, 0.2) is 0 Å². The van der Waals surface area contributed by atoms with Crippen molar-refractivity contribution in [2.24, 2.45) is 11.8 Å². The van der Waals surface area contributed by atoms with Crippen molar-refractivity contribution in [2.45, 2.75) is 98.2 Å². The van der Waals surface area contributed by atoms with E-state index in [0.29, 0.717) is 4.75 Å². The predicted octanol–water partition coefficient (Wildman–Crippen LogP) is 7.26. The minimum absolute atomic E-state index is 0.457. The fraction of sp³-hybridized carbons (Fsp3) is 1.00. The summed E-state index contributed by atoms with van der Waals surface area (Å²) in [4.78, 5) is 0. The predicted molar refractivity (Wildman–Crippen MR) is 105 cm³/mol. The first-order chi connectivity index (χ1) is 9.72. The lowest BCUT2D eigenvalue weighted by atomic mass is 9.87. The van der Waals surface area contributed by atoms with Crippen molar-refractivity contribution in [1.82, 2.24) is 0 Å². The van der Waals surface area contributed by atoms with Gasteiger partial charge in [0.1, 0.15) is 0 Å². The summed E-state index contributed by atoms with van der Waals surface area (Å²) in [6, 6.07) is 0. The Morgan fingerprint density at radius 3 is 2.00 bits per heavy atom. The fourth-order valence-corrected chi connectivity index (χ4v) is 7.14. The molecule has 0 saturated heterocycles. The Balaban J connectivity index is 4.42. The summed E-state index contributed by atoms with van der Waals surface area (Å²) in [6.07, 6.45) is 12.4. The molecule has 0 amide bonds. The summed E-state index contributed by atoms with van der Waals surface area (Å²) < 4.78 is 0.542. The molecule has 0 heterocycles. The third-order valence-corrected chi connectivity index (χ3v) is 11.0. The van der Waals surface area contributed by atoms with Crippen LogP contribution in [-0.4, -0.2) is 22.5 Å². The standard InChI is InChI=1S/C20H44S/c1-9-12-13-14-18(4)16-19(5)17-20(6,7)21(8,11-3)15-10-2/h18-19H,9-17H2,1-8H3. The molecule has 0 N–H and O–H groups in total. The molecule has 0 aliphatic rings. The van der Waals surface area contributed by atoms with E-state index in [1.807, 2.05) is 0 Å². The van der Waals surface area contributed by atoms with Crippen LogP contribution in [0.2, 0.25) is 0 Å². The fourth-order valence-electron chi connectivity index (χ4n) is 3.93. The van der Waals surface area contributed by atoms with E-state index in [1.54, 1.807) is 0 Å². The van der Waals surface area contributed by atoms with E-state index in [9.17, 15) is 0 Å². The zero-order valence-electron chi connectivity index (χ0n) is 16.4. The Hall–Kier alpha value is 0.350. The highest BCUT2D eigenvalue weighted by Gasteiger charge is 2.35. The molecule has 3 atom stereocenters. The third kappa shape index (κ3) is 7.44. The lowest BCUT2D eigenvalue weighted by Crippen LogP contribution is -2.33. The maximum atomic E-state index is 2.61. The molecular weight excluding hydrogens is 272 g/mol.